The Morgan fingerprint density at radius 3 is 2.67 bits per heavy atom. The van der Waals surface area contributed by atoms with Crippen molar-refractivity contribution in [2.75, 3.05) is 32.7 Å². The fourth-order valence-electron chi connectivity index (χ4n) is 4.91. The van der Waals surface area contributed by atoms with Crippen molar-refractivity contribution in [2.24, 2.45) is 5.92 Å². The summed E-state index contributed by atoms with van der Waals surface area (Å²) in [6, 6.07) is 4.92. The highest BCUT2D eigenvalue weighted by atomic mass is 19.1. The molecule has 1 aromatic carbocycles. The van der Waals surface area contributed by atoms with Gasteiger partial charge in [0.05, 0.1) is 5.52 Å². The van der Waals surface area contributed by atoms with E-state index >= 15 is 0 Å². The number of piperazine rings is 1. The van der Waals surface area contributed by atoms with E-state index in [4.69, 9.17) is 0 Å². The van der Waals surface area contributed by atoms with Gasteiger partial charge in [0, 0.05) is 51.1 Å². The summed E-state index contributed by atoms with van der Waals surface area (Å²) in [5, 5.41) is 3.62. The molecule has 0 radical (unpaired) electrons. The average molecular weight is 415 g/mol. The third-order valence-corrected chi connectivity index (χ3v) is 6.65. The van der Waals surface area contributed by atoms with E-state index in [1.165, 1.54) is 12.5 Å². The van der Waals surface area contributed by atoms with Crippen LogP contribution in [0.25, 0.3) is 10.9 Å². The Kier molecular flexibility index (Phi) is 6.09. The summed E-state index contributed by atoms with van der Waals surface area (Å²) in [6.07, 6.45) is 4.22. The van der Waals surface area contributed by atoms with E-state index in [0.29, 0.717) is 22.5 Å². The van der Waals surface area contributed by atoms with Gasteiger partial charge in [-0.2, -0.15) is 0 Å². The van der Waals surface area contributed by atoms with Crippen LogP contribution in [0.5, 0.6) is 0 Å². The highest BCUT2D eigenvalue weighted by molar-refractivity contribution is 5.99. The van der Waals surface area contributed by atoms with E-state index in [2.05, 4.69) is 15.2 Å². The quantitative estimate of drug-likeness (QED) is 0.808. The third kappa shape index (κ3) is 4.51. The number of aromatic nitrogens is 1. The third-order valence-electron chi connectivity index (χ3n) is 6.65. The zero-order valence-corrected chi connectivity index (χ0v) is 17.8. The molecular weight excluding hydrogens is 383 g/mol. The standard InChI is InChI=1S/C23H31FN4O2/c1-15-6-7-20(24)19-13-21(26-22(15)19)23(30)25-18-5-3-4-17(12-18)14-27-8-10-28(11-9-27)16(2)29/h6-7,13,17-18,26H,3-5,8-12,14H2,1-2H3,(H,25,30)/t17-,18+/m1/s1. The fourth-order valence-corrected chi connectivity index (χ4v) is 4.91. The van der Waals surface area contributed by atoms with Crippen molar-refractivity contribution < 1.29 is 14.0 Å². The summed E-state index contributed by atoms with van der Waals surface area (Å²) in [4.78, 5) is 31.7. The van der Waals surface area contributed by atoms with E-state index in [0.717, 1.165) is 57.5 Å². The van der Waals surface area contributed by atoms with Crippen LogP contribution in [-0.2, 0) is 4.79 Å². The van der Waals surface area contributed by atoms with E-state index < -0.39 is 0 Å². The first-order chi connectivity index (χ1) is 14.4. The summed E-state index contributed by atoms with van der Waals surface area (Å²) >= 11 is 0. The number of hydrogen-bond acceptors (Lipinski definition) is 3. The highest BCUT2D eigenvalue weighted by Crippen LogP contribution is 2.27. The molecule has 2 atom stereocenters. The molecule has 0 unspecified atom stereocenters. The van der Waals surface area contributed by atoms with Crippen molar-refractivity contribution in [2.45, 2.75) is 45.6 Å². The number of nitrogens with zero attached hydrogens (tertiary/aromatic N) is 2. The predicted octanol–water partition coefficient (Wildman–Crippen LogP) is 3.07. The largest absolute Gasteiger partial charge is 0.350 e. The minimum atomic E-state index is -0.312. The van der Waals surface area contributed by atoms with Crippen molar-refractivity contribution in [1.82, 2.24) is 20.1 Å². The lowest BCUT2D eigenvalue weighted by Crippen LogP contribution is -2.50. The summed E-state index contributed by atoms with van der Waals surface area (Å²) in [5.41, 5.74) is 2.03. The molecule has 2 fully saturated rings. The number of aryl methyl sites for hydroxylation is 1. The normalized spacial score (nSPS) is 23.0. The molecule has 7 heteroatoms. The van der Waals surface area contributed by atoms with Crippen LogP contribution in [0.4, 0.5) is 4.39 Å². The molecule has 6 nitrogen and oxygen atoms in total. The van der Waals surface area contributed by atoms with Crippen LogP contribution in [0.2, 0.25) is 0 Å². The van der Waals surface area contributed by atoms with E-state index in [9.17, 15) is 14.0 Å². The summed E-state index contributed by atoms with van der Waals surface area (Å²) in [7, 11) is 0. The lowest BCUT2D eigenvalue weighted by molar-refractivity contribution is -0.130. The predicted molar refractivity (Wildman–Crippen MR) is 115 cm³/mol. The van der Waals surface area contributed by atoms with Crippen LogP contribution in [0.3, 0.4) is 0 Å². The maximum Gasteiger partial charge on any atom is 0.267 e. The highest BCUT2D eigenvalue weighted by Gasteiger charge is 2.27. The van der Waals surface area contributed by atoms with Crippen molar-refractivity contribution in [1.29, 1.82) is 0 Å². The lowest BCUT2D eigenvalue weighted by atomic mass is 9.85. The van der Waals surface area contributed by atoms with Gasteiger partial charge in [-0.3, -0.25) is 14.5 Å². The zero-order chi connectivity index (χ0) is 21.3. The second-order valence-electron chi connectivity index (χ2n) is 8.85. The molecule has 4 rings (SSSR count). The minimum absolute atomic E-state index is 0.145. The summed E-state index contributed by atoms with van der Waals surface area (Å²) in [5.74, 6) is 0.233. The molecule has 30 heavy (non-hydrogen) atoms. The lowest BCUT2D eigenvalue weighted by Gasteiger charge is -2.38. The number of rotatable bonds is 4. The van der Waals surface area contributed by atoms with Gasteiger partial charge < -0.3 is 15.2 Å². The van der Waals surface area contributed by atoms with Crippen molar-refractivity contribution >= 4 is 22.7 Å². The molecule has 2 N–H and O–H groups in total. The topological polar surface area (TPSA) is 68.4 Å². The maximum atomic E-state index is 14.1. The molecule has 162 valence electrons. The van der Waals surface area contributed by atoms with Crippen molar-refractivity contribution in [3.63, 3.8) is 0 Å². The first kappa shape index (κ1) is 20.8. The fraction of sp³-hybridized carbons (Fsp3) is 0.565. The molecule has 2 aliphatic rings. The number of halogens is 1. The van der Waals surface area contributed by atoms with Crippen LogP contribution >= 0.6 is 0 Å². The van der Waals surface area contributed by atoms with Crippen LogP contribution in [0.1, 0.15) is 48.7 Å². The number of aromatic amines is 1. The number of benzene rings is 1. The van der Waals surface area contributed by atoms with Gasteiger partial charge in [-0.25, -0.2) is 4.39 Å². The number of amides is 2. The van der Waals surface area contributed by atoms with E-state index in [1.807, 2.05) is 11.8 Å². The van der Waals surface area contributed by atoms with E-state index in [-0.39, 0.29) is 23.7 Å². The van der Waals surface area contributed by atoms with Crippen molar-refractivity contribution in [3.05, 3.63) is 35.3 Å². The number of carbonyl (C=O) groups is 2. The zero-order valence-electron chi connectivity index (χ0n) is 17.8. The smallest absolute Gasteiger partial charge is 0.267 e. The molecule has 0 spiro atoms. The Morgan fingerprint density at radius 2 is 1.97 bits per heavy atom. The summed E-state index contributed by atoms with van der Waals surface area (Å²) in [6.45, 7) is 8.01. The van der Waals surface area contributed by atoms with Crippen LogP contribution in [0, 0.1) is 18.7 Å². The first-order valence-electron chi connectivity index (χ1n) is 11.0. The monoisotopic (exact) mass is 414 g/mol. The van der Waals surface area contributed by atoms with Gasteiger partial charge in [0.1, 0.15) is 11.5 Å². The van der Waals surface area contributed by atoms with Gasteiger partial charge >= 0.3 is 0 Å². The first-order valence-corrected chi connectivity index (χ1v) is 11.0. The molecular formula is C23H31FN4O2. The van der Waals surface area contributed by atoms with Crippen molar-refractivity contribution in [3.8, 4) is 0 Å². The second kappa shape index (κ2) is 8.76. The number of carbonyl (C=O) groups excluding carboxylic acids is 2. The number of hydrogen-bond donors (Lipinski definition) is 2. The van der Waals surface area contributed by atoms with Gasteiger partial charge in [0.2, 0.25) is 5.91 Å². The van der Waals surface area contributed by atoms with Gasteiger partial charge in [0.25, 0.3) is 5.91 Å². The van der Waals surface area contributed by atoms with Gasteiger partial charge in [0.15, 0.2) is 0 Å². The number of H-pyrrole nitrogens is 1. The van der Waals surface area contributed by atoms with Crippen LogP contribution in [-0.4, -0.2) is 65.4 Å². The molecule has 1 aliphatic heterocycles. The molecule has 0 bridgehead atoms. The van der Waals surface area contributed by atoms with Crippen LogP contribution in [0.15, 0.2) is 18.2 Å². The summed E-state index contributed by atoms with van der Waals surface area (Å²) < 4.78 is 14.1. The molecule has 2 heterocycles. The van der Waals surface area contributed by atoms with Gasteiger partial charge in [-0.1, -0.05) is 12.5 Å². The molecule has 1 saturated heterocycles. The Morgan fingerprint density at radius 1 is 1.20 bits per heavy atom. The second-order valence-corrected chi connectivity index (χ2v) is 8.85. The Bertz CT molecular complexity index is 894. The van der Waals surface area contributed by atoms with Gasteiger partial charge in [-0.15, -0.1) is 0 Å². The molecule has 1 aromatic heterocycles. The number of fused-ring (bicyclic) bond motifs is 1. The molecule has 1 aliphatic carbocycles. The Labute approximate surface area is 176 Å². The molecule has 2 amide bonds. The average Bonchev–Trinajstić information content (AvgIpc) is 3.19. The minimum Gasteiger partial charge on any atom is -0.350 e. The Hall–Kier alpha value is -2.41. The van der Waals surface area contributed by atoms with Gasteiger partial charge in [-0.05, 0) is 49.8 Å². The number of nitrogens with one attached hydrogen (secondary N) is 2. The van der Waals surface area contributed by atoms with E-state index in [1.54, 1.807) is 19.1 Å². The Balaban J connectivity index is 1.33. The molecule has 2 aromatic rings. The van der Waals surface area contributed by atoms with Crippen LogP contribution < -0.4 is 5.32 Å². The maximum absolute atomic E-state index is 14.1. The molecule has 1 saturated carbocycles. The SMILES string of the molecule is CC(=O)N1CCN(C[C@@H]2CCC[C@H](NC(=O)c3cc4c(F)ccc(C)c4[nH]3)C2)CC1.